The van der Waals surface area contributed by atoms with Gasteiger partial charge in [0.25, 0.3) is 0 Å². The van der Waals surface area contributed by atoms with Crippen LogP contribution in [0.4, 0.5) is 13.2 Å². The maximum absolute atomic E-state index is 12.1. The van der Waals surface area contributed by atoms with Gasteiger partial charge in [0.1, 0.15) is 5.75 Å². The second kappa shape index (κ2) is 6.40. The van der Waals surface area contributed by atoms with E-state index in [-0.39, 0.29) is 11.3 Å². The lowest BCUT2D eigenvalue weighted by Crippen LogP contribution is -2.35. The van der Waals surface area contributed by atoms with E-state index in [0.29, 0.717) is 6.54 Å². The van der Waals surface area contributed by atoms with Gasteiger partial charge < -0.3 is 10.1 Å². The molecule has 1 N–H and O–H groups in total. The first-order chi connectivity index (χ1) is 10.3. The van der Waals surface area contributed by atoms with E-state index in [1.165, 1.54) is 12.1 Å². The first-order valence-electron chi connectivity index (χ1n) is 6.91. The average molecular weight is 309 g/mol. The van der Waals surface area contributed by atoms with Gasteiger partial charge in [-0.25, -0.2) is 0 Å². The highest BCUT2D eigenvalue weighted by molar-refractivity contribution is 5.31. The van der Waals surface area contributed by atoms with Crippen molar-refractivity contribution in [3.63, 3.8) is 0 Å². The molecule has 0 saturated carbocycles. The zero-order valence-corrected chi connectivity index (χ0v) is 12.4. The molecule has 22 heavy (non-hydrogen) atoms. The SMILES string of the molecule is CC(C)(NCc1ccccc1)c1ccc(OC(F)(F)F)cc1. The molecule has 118 valence electrons. The van der Waals surface area contributed by atoms with E-state index in [1.807, 2.05) is 44.2 Å². The van der Waals surface area contributed by atoms with Gasteiger partial charge >= 0.3 is 6.36 Å². The lowest BCUT2D eigenvalue weighted by Gasteiger charge is -2.27. The molecule has 5 heteroatoms. The Morgan fingerprint density at radius 2 is 1.50 bits per heavy atom. The number of benzene rings is 2. The molecule has 0 aliphatic carbocycles. The van der Waals surface area contributed by atoms with Crippen LogP contribution in [-0.2, 0) is 12.1 Å². The molecule has 0 bridgehead atoms. The molecule has 0 spiro atoms. The Labute approximate surface area is 127 Å². The van der Waals surface area contributed by atoms with Crippen molar-refractivity contribution >= 4 is 0 Å². The zero-order valence-electron chi connectivity index (χ0n) is 12.4. The summed E-state index contributed by atoms with van der Waals surface area (Å²) in [5, 5.41) is 3.40. The minimum absolute atomic E-state index is 0.213. The van der Waals surface area contributed by atoms with Gasteiger partial charge in [-0.1, -0.05) is 42.5 Å². The number of nitrogens with one attached hydrogen (secondary N) is 1. The van der Waals surface area contributed by atoms with Gasteiger partial charge in [0.2, 0.25) is 0 Å². The highest BCUT2D eigenvalue weighted by Gasteiger charge is 2.31. The second-order valence-corrected chi connectivity index (χ2v) is 5.54. The van der Waals surface area contributed by atoms with Gasteiger partial charge in [-0.05, 0) is 37.1 Å². The average Bonchev–Trinajstić information content (AvgIpc) is 2.45. The number of alkyl halides is 3. The summed E-state index contributed by atoms with van der Waals surface area (Å²) in [6.07, 6.45) is -4.66. The van der Waals surface area contributed by atoms with E-state index in [9.17, 15) is 13.2 Å². The molecule has 0 saturated heterocycles. The Morgan fingerprint density at radius 3 is 2.05 bits per heavy atom. The van der Waals surface area contributed by atoms with Crippen LogP contribution in [0, 0.1) is 0 Å². The fourth-order valence-corrected chi connectivity index (χ4v) is 2.09. The van der Waals surface area contributed by atoms with Crippen molar-refractivity contribution in [2.75, 3.05) is 0 Å². The van der Waals surface area contributed by atoms with Crippen LogP contribution in [0.15, 0.2) is 54.6 Å². The minimum Gasteiger partial charge on any atom is -0.406 e. The number of halogens is 3. The summed E-state index contributed by atoms with van der Waals surface area (Å²) < 4.78 is 40.3. The quantitative estimate of drug-likeness (QED) is 0.871. The predicted molar refractivity (Wildman–Crippen MR) is 79.4 cm³/mol. The summed E-state index contributed by atoms with van der Waals surface area (Å²) in [7, 11) is 0. The Bertz CT molecular complexity index is 592. The number of rotatable bonds is 5. The molecule has 2 rings (SSSR count). The van der Waals surface area contributed by atoms with Crippen molar-refractivity contribution in [1.82, 2.24) is 5.32 Å². The van der Waals surface area contributed by atoms with Gasteiger partial charge in [-0.3, -0.25) is 0 Å². The van der Waals surface area contributed by atoms with E-state index in [1.54, 1.807) is 12.1 Å². The molecule has 0 heterocycles. The largest absolute Gasteiger partial charge is 0.573 e. The lowest BCUT2D eigenvalue weighted by atomic mass is 9.94. The summed E-state index contributed by atoms with van der Waals surface area (Å²) in [6, 6.07) is 15.9. The highest BCUT2D eigenvalue weighted by Crippen LogP contribution is 2.26. The third-order valence-corrected chi connectivity index (χ3v) is 3.39. The standard InChI is InChI=1S/C17H18F3NO/c1-16(2,21-12-13-6-4-3-5-7-13)14-8-10-15(11-9-14)22-17(18,19)20/h3-11,21H,12H2,1-2H3. The maximum Gasteiger partial charge on any atom is 0.573 e. The third-order valence-electron chi connectivity index (χ3n) is 3.39. The Hall–Kier alpha value is -2.01. The third kappa shape index (κ3) is 4.77. The van der Waals surface area contributed by atoms with Gasteiger partial charge in [0.15, 0.2) is 0 Å². The molecule has 2 aromatic rings. The molecule has 2 aromatic carbocycles. The smallest absolute Gasteiger partial charge is 0.406 e. The van der Waals surface area contributed by atoms with Gasteiger partial charge in [-0.15, -0.1) is 13.2 Å². The van der Waals surface area contributed by atoms with Crippen molar-refractivity contribution in [1.29, 1.82) is 0 Å². The molecule has 0 fully saturated rings. The van der Waals surface area contributed by atoms with Gasteiger partial charge in [0, 0.05) is 12.1 Å². The zero-order chi connectivity index (χ0) is 16.2. The van der Waals surface area contributed by atoms with Gasteiger partial charge in [-0.2, -0.15) is 0 Å². The molecule has 0 amide bonds. The van der Waals surface area contributed by atoms with Crippen molar-refractivity contribution in [3.8, 4) is 5.75 Å². The van der Waals surface area contributed by atoms with E-state index in [0.717, 1.165) is 11.1 Å². The fraction of sp³-hybridized carbons (Fsp3) is 0.294. The molecular formula is C17H18F3NO. The summed E-state index contributed by atoms with van der Waals surface area (Å²) in [5.74, 6) is -0.213. The van der Waals surface area contributed by atoms with E-state index >= 15 is 0 Å². The van der Waals surface area contributed by atoms with Crippen LogP contribution in [0.3, 0.4) is 0 Å². The molecular weight excluding hydrogens is 291 g/mol. The number of hydrogen-bond donors (Lipinski definition) is 1. The normalized spacial score (nSPS) is 12.2. The van der Waals surface area contributed by atoms with Crippen LogP contribution in [0.2, 0.25) is 0 Å². The van der Waals surface area contributed by atoms with Crippen LogP contribution in [-0.4, -0.2) is 6.36 Å². The van der Waals surface area contributed by atoms with Crippen molar-refractivity contribution < 1.29 is 17.9 Å². The number of hydrogen-bond acceptors (Lipinski definition) is 2. The Kier molecular flexibility index (Phi) is 4.76. The molecule has 0 radical (unpaired) electrons. The Morgan fingerprint density at radius 1 is 0.909 bits per heavy atom. The van der Waals surface area contributed by atoms with E-state index in [2.05, 4.69) is 10.1 Å². The van der Waals surface area contributed by atoms with Crippen LogP contribution >= 0.6 is 0 Å². The highest BCUT2D eigenvalue weighted by atomic mass is 19.4. The van der Waals surface area contributed by atoms with E-state index in [4.69, 9.17) is 0 Å². The minimum atomic E-state index is -4.66. The van der Waals surface area contributed by atoms with Crippen molar-refractivity contribution in [2.24, 2.45) is 0 Å². The predicted octanol–water partition coefficient (Wildman–Crippen LogP) is 4.61. The fourth-order valence-electron chi connectivity index (χ4n) is 2.09. The van der Waals surface area contributed by atoms with Crippen LogP contribution < -0.4 is 10.1 Å². The first kappa shape index (κ1) is 16.4. The van der Waals surface area contributed by atoms with Gasteiger partial charge in [0.05, 0.1) is 0 Å². The molecule has 2 nitrogen and oxygen atoms in total. The number of ether oxygens (including phenoxy) is 1. The van der Waals surface area contributed by atoms with Crippen LogP contribution in [0.25, 0.3) is 0 Å². The lowest BCUT2D eigenvalue weighted by molar-refractivity contribution is -0.274. The summed E-state index contributed by atoms with van der Waals surface area (Å²) in [4.78, 5) is 0. The maximum atomic E-state index is 12.1. The molecule has 0 aliphatic rings. The van der Waals surface area contributed by atoms with Crippen LogP contribution in [0.1, 0.15) is 25.0 Å². The van der Waals surface area contributed by atoms with Crippen LogP contribution in [0.5, 0.6) is 5.75 Å². The first-order valence-corrected chi connectivity index (χ1v) is 6.91. The molecule has 0 unspecified atom stereocenters. The second-order valence-electron chi connectivity index (χ2n) is 5.54. The molecule has 0 aliphatic heterocycles. The summed E-state index contributed by atoms with van der Waals surface area (Å²) in [5.41, 5.74) is 1.66. The summed E-state index contributed by atoms with van der Waals surface area (Å²) in [6.45, 7) is 4.64. The monoisotopic (exact) mass is 309 g/mol. The molecule has 0 atom stereocenters. The van der Waals surface area contributed by atoms with Crippen molar-refractivity contribution in [3.05, 3.63) is 65.7 Å². The van der Waals surface area contributed by atoms with E-state index < -0.39 is 6.36 Å². The molecule has 0 aromatic heterocycles. The Balaban J connectivity index is 2.02. The summed E-state index contributed by atoms with van der Waals surface area (Å²) >= 11 is 0. The topological polar surface area (TPSA) is 21.3 Å². The van der Waals surface area contributed by atoms with Crippen molar-refractivity contribution in [2.45, 2.75) is 32.3 Å².